The van der Waals surface area contributed by atoms with Crippen molar-refractivity contribution < 1.29 is 27.9 Å². The maximum Gasteiger partial charge on any atom is 0.407 e. The van der Waals surface area contributed by atoms with Gasteiger partial charge in [-0.2, -0.15) is 0 Å². The molecule has 38 heavy (non-hydrogen) atoms. The number of hydrogen-bond donors (Lipinski definition) is 2. The van der Waals surface area contributed by atoms with Crippen molar-refractivity contribution in [2.24, 2.45) is 0 Å². The van der Waals surface area contributed by atoms with Crippen molar-refractivity contribution in [3.63, 3.8) is 0 Å². The van der Waals surface area contributed by atoms with E-state index in [1.54, 1.807) is 12.1 Å². The Morgan fingerprint density at radius 2 is 1.61 bits per heavy atom. The van der Waals surface area contributed by atoms with Crippen molar-refractivity contribution in [1.29, 1.82) is 0 Å². The molecule has 9 nitrogen and oxygen atoms in total. The van der Waals surface area contributed by atoms with Gasteiger partial charge < -0.3 is 15.2 Å². The van der Waals surface area contributed by atoms with Crippen LogP contribution in [0, 0.1) is 6.92 Å². The lowest BCUT2D eigenvalue weighted by Crippen LogP contribution is -2.43. The molecule has 2 N–H and O–H groups in total. The summed E-state index contributed by atoms with van der Waals surface area (Å²) >= 11 is 0. The van der Waals surface area contributed by atoms with Gasteiger partial charge in [0.2, 0.25) is 0 Å². The second-order valence-electron chi connectivity index (χ2n) is 9.08. The minimum atomic E-state index is -3.89. The molecule has 1 aromatic heterocycles. The number of aromatic nitrogens is 2. The van der Waals surface area contributed by atoms with Crippen LogP contribution in [0.15, 0.2) is 90.2 Å². The smallest absolute Gasteiger partial charge is 0.407 e. The molecule has 0 saturated heterocycles. The number of carbonyl (C=O) groups excluding carboxylic acids is 1. The summed E-state index contributed by atoms with van der Waals surface area (Å²) in [5.74, 6) is -1.46. The number of benzene rings is 3. The van der Waals surface area contributed by atoms with Crippen LogP contribution in [0.2, 0.25) is 0 Å². The second-order valence-corrected chi connectivity index (χ2v) is 10.9. The predicted octanol–water partition coefficient (Wildman–Crippen LogP) is 3.96. The molecule has 0 fully saturated rings. The summed E-state index contributed by atoms with van der Waals surface area (Å²) in [6.45, 7) is 1.89. The maximum absolute atomic E-state index is 12.9. The molecular formula is C28H25N3O6S. The van der Waals surface area contributed by atoms with Gasteiger partial charge in [0.1, 0.15) is 19.0 Å². The Kier molecular flexibility index (Phi) is 6.73. The second kappa shape index (κ2) is 10.1. The van der Waals surface area contributed by atoms with Crippen LogP contribution in [0.5, 0.6) is 0 Å². The Labute approximate surface area is 219 Å². The summed E-state index contributed by atoms with van der Waals surface area (Å²) in [4.78, 5) is 28.6. The van der Waals surface area contributed by atoms with Gasteiger partial charge in [-0.1, -0.05) is 66.2 Å². The topological polar surface area (TPSA) is 128 Å². The van der Waals surface area contributed by atoms with Gasteiger partial charge in [-0.25, -0.2) is 27.0 Å². The summed E-state index contributed by atoms with van der Waals surface area (Å²) in [5, 5.41) is 12.0. The number of fused-ring (bicyclic) bond motifs is 3. The molecule has 4 aromatic rings. The summed E-state index contributed by atoms with van der Waals surface area (Å²) in [6.07, 6.45) is 1.24. The molecule has 1 amide bonds. The fraction of sp³-hybridized carbons (Fsp3) is 0.179. The summed E-state index contributed by atoms with van der Waals surface area (Å²) in [6, 6.07) is 20.8. The Morgan fingerprint density at radius 3 is 2.21 bits per heavy atom. The number of carboxylic acid groups (broad SMARTS) is 1. The third-order valence-electron chi connectivity index (χ3n) is 6.56. The van der Waals surface area contributed by atoms with Gasteiger partial charge >= 0.3 is 12.1 Å². The number of carboxylic acids is 1. The number of aryl methyl sites for hydroxylation is 1. The molecular weight excluding hydrogens is 506 g/mol. The van der Waals surface area contributed by atoms with Crippen LogP contribution in [0.3, 0.4) is 0 Å². The molecule has 0 spiro atoms. The van der Waals surface area contributed by atoms with Crippen LogP contribution >= 0.6 is 0 Å². The van der Waals surface area contributed by atoms with E-state index in [0.717, 1.165) is 38.1 Å². The SMILES string of the molecule is Cc1ccc(S(=O)(=O)n2cnc(C[C@@H](NC(=O)OCC3c4ccccc4-c4ccccc43)C(=O)O)c2)cc1. The highest BCUT2D eigenvalue weighted by atomic mass is 32.2. The number of amides is 1. The van der Waals surface area contributed by atoms with E-state index in [-0.39, 0.29) is 29.5 Å². The molecule has 0 radical (unpaired) electrons. The van der Waals surface area contributed by atoms with Crippen LogP contribution in [0.4, 0.5) is 4.79 Å². The summed E-state index contributed by atoms with van der Waals surface area (Å²) in [7, 11) is -3.89. The predicted molar refractivity (Wildman–Crippen MR) is 139 cm³/mol. The van der Waals surface area contributed by atoms with E-state index in [2.05, 4.69) is 10.3 Å². The molecule has 1 aliphatic rings. The number of nitrogens with zero attached hydrogens (tertiary/aromatic N) is 2. The number of aliphatic carboxylic acids is 1. The van der Waals surface area contributed by atoms with Crippen LogP contribution in [0.25, 0.3) is 11.1 Å². The normalized spacial score (nSPS) is 13.4. The Bertz CT molecular complexity index is 1570. The quantitative estimate of drug-likeness (QED) is 0.352. The van der Waals surface area contributed by atoms with Gasteiger partial charge in [0, 0.05) is 18.5 Å². The number of rotatable bonds is 8. The first-order valence-electron chi connectivity index (χ1n) is 11.9. The van der Waals surface area contributed by atoms with E-state index in [1.165, 1.54) is 18.3 Å². The number of nitrogens with one attached hydrogen (secondary N) is 1. The molecule has 1 aliphatic carbocycles. The number of imidazole rings is 1. The van der Waals surface area contributed by atoms with Gasteiger partial charge in [0.15, 0.2) is 0 Å². The molecule has 1 atom stereocenters. The highest BCUT2D eigenvalue weighted by Gasteiger charge is 2.30. The molecule has 0 unspecified atom stereocenters. The largest absolute Gasteiger partial charge is 0.480 e. The number of carbonyl (C=O) groups is 2. The Morgan fingerprint density at radius 1 is 1.00 bits per heavy atom. The van der Waals surface area contributed by atoms with E-state index < -0.39 is 28.1 Å². The molecule has 194 valence electrons. The van der Waals surface area contributed by atoms with E-state index in [4.69, 9.17) is 4.74 Å². The zero-order chi connectivity index (χ0) is 26.9. The van der Waals surface area contributed by atoms with Crippen LogP contribution < -0.4 is 5.32 Å². The monoisotopic (exact) mass is 531 g/mol. The third kappa shape index (κ3) is 4.90. The van der Waals surface area contributed by atoms with Crippen molar-refractivity contribution >= 4 is 22.1 Å². The molecule has 0 bridgehead atoms. The number of hydrogen-bond acceptors (Lipinski definition) is 6. The Hall–Kier alpha value is -4.44. The first-order chi connectivity index (χ1) is 18.2. The molecule has 10 heteroatoms. The molecule has 0 aliphatic heterocycles. The lowest BCUT2D eigenvalue weighted by molar-refractivity contribution is -0.139. The minimum Gasteiger partial charge on any atom is -0.480 e. The van der Waals surface area contributed by atoms with E-state index in [1.807, 2.05) is 55.5 Å². The van der Waals surface area contributed by atoms with Crippen LogP contribution in [0.1, 0.15) is 28.3 Å². The van der Waals surface area contributed by atoms with Crippen molar-refractivity contribution in [3.8, 4) is 11.1 Å². The van der Waals surface area contributed by atoms with E-state index >= 15 is 0 Å². The van der Waals surface area contributed by atoms with Gasteiger partial charge in [0.05, 0.1) is 10.6 Å². The zero-order valence-electron chi connectivity index (χ0n) is 20.4. The van der Waals surface area contributed by atoms with Gasteiger partial charge in [0.25, 0.3) is 10.0 Å². The molecule has 0 saturated carbocycles. The van der Waals surface area contributed by atoms with Crippen molar-refractivity contribution in [2.75, 3.05) is 6.61 Å². The lowest BCUT2D eigenvalue weighted by Gasteiger charge is -2.17. The van der Waals surface area contributed by atoms with Crippen molar-refractivity contribution in [3.05, 3.63) is 108 Å². The first kappa shape index (κ1) is 25.2. The van der Waals surface area contributed by atoms with Gasteiger partial charge in [-0.3, -0.25) is 0 Å². The highest BCUT2D eigenvalue weighted by molar-refractivity contribution is 7.90. The maximum atomic E-state index is 12.9. The fourth-order valence-electron chi connectivity index (χ4n) is 4.60. The minimum absolute atomic E-state index is 0.0373. The summed E-state index contributed by atoms with van der Waals surface area (Å²) in [5.41, 5.74) is 5.34. The number of ether oxygens (including phenoxy) is 1. The number of alkyl carbamates (subject to hydrolysis) is 1. The highest BCUT2D eigenvalue weighted by Crippen LogP contribution is 2.44. The fourth-order valence-corrected chi connectivity index (χ4v) is 5.76. The summed E-state index contributed by atoms with van der Waals surface area (Å²) < 4.78 is 32.1. The molecule has 5 rings (SSSR count). The third-order valence-corrected chi connectivity index (χ3v) is 8.18. The van der Waals surface area contributed by atoms with Crippen molar-refractivity contribution in [2.45, 2.75) is 30.2 Å². The molecule has 1 heterocycles. The standard InChI is InChI=1S/C28H25N3O6S/c1-18-10-12-20(13-11-18)38(35,36)31-15-19(29-17-31)14-26(27(32)33)30-28(34)37-16-25-23-8-4-2-6-21(23)22-7-3-5-9-24(22)25/h2-13,15,17,25-26H,14,16H2,1H3,(H,30,34)(H,32,33)/t26-/m1/s1. The average Bonchev–Trinajstić information content (AvgIpc) is 3.51. The van der Waals surface area contributed by atoms with Crippen molar-refractivity contribution in [1.82, 2.24) is 14.3 Å². The van der Waals surface area contributed by atoms with Crippen LogP contribution in [-0.4, -0.2) is 47.2 Å². The van der Waals surface area contributed by atoms with E-state index in [0.29, 0.717) is 0 Å². The average molecular weight is 532 g/mol. The van der Waals surface area contributed by atoms with Crippen LogP contribution in [-0.2, 0) is 26.0 Å². The lowest BCUT2D eigenvalue weighted by atomic mass is 9.98. The zero-order valence-corrected chi connectivity index (χ0v) is 21.3. The first-order valence-corrected chi connectivity index (χ1v) is 13.4. The molecule has 3 aromatic carbocycles. The Balaban J connectivity index is 1.25. The van der Waals surface area contributed by atoms with Gasteiger partial charge in [-0.15, -0.1) is 0 Å². The van der Waals surface area contributed by atoms with Gasteiger partial charge in [-0.05, 0) is 41.3 Å². The van der Waals surface area contributed by atoms with E-state index in [9.17, 15) is 23.1 Å².